The number of hydrogen-bond donors (Lipinski definition) is 1. The van der Waals surface area contributed by atoms with Crippen molar-refractivity contribution in [3.63, 3.8) is 0 Å². The minimum Gasteiger partial charge on any atom is -0.462 e. The van der Waals surface area contributed by atoms with Gasteiger partial charge in [0.1, 0.15) is 10.7 Å². The standard InChI is InChI=1S/C14H13ClFNO2S/c1-3-19-14(18)13-11(17)7(2)12(20-13)10-8(15)5-4-6-9(10)16/h4-6H,3,17H2,1-2H3. The Labute approximate surface area is 125 Å². The maximum Gasteiger partial charge on any atom is 0.350 e. The third kappa shape index (κ3) is 2.51. The monoisotopic (exact) mass is 313 g/mol. The van der Waals surface area contributed by atoms with Gasteiger partial charge in [-0.25, -0.2) is 9.18 Å². The van der Waals surface area contributed by atoms with Crippen LogP contribution in [-0.4, -0.2) is 12.6 Å². The summed E-state index contributed by atoms with van der Waals surface area (Å²) < 4.78 is 18.9. The van der Waals surface area contributed by atoms with Gasteiger partial charge in [-0.05, 0) is 31.5 Å². The minimum absolute atomic E-state index is 0.255. The van der Waals surface area contributed by atoms with Gasteiger partial charge in [0.25, 0.3) is 0 Å². The highest BCUT2D eigenvalue weighted by atomic mass is 35.5. The average Bonchev–Trinajstić information content (AvgIpc) is 2.68. The Morgan fingerprint density at radius 3 is 2.80 bits per heavy atom. The van der Waals surface area contributed by atoms with E-state index in [-0.39, 0.29) is 22.1 Å². The Morgan fingerprint density at radius 2 is 2.20 bits per heavy atom. The summed E-state index contributed by atoms with van der Waals surface area (Å²) in [6.45, 7) is 3.70. The number of carbonyl (C=O) groups is 1. The molecule has 0 aliphatic rings. The largest absolute Gasteiger partial charge is 0.462 e. The molecular formula is C14H13ClFNO2S. The topological polar surface area (TPSA) is 52.3 Å². The Hall–Kier alpha value is -1.59. The maximum atomic E-state index is 14.0. The van der Waals surface area contributed by atoms with Crippen LogP contribution in [-0.2, 0) is 4.74 Å². The molecule has 0 aliphatic carbocycles. The molecule has 0 amide bonds. The van der Waals surface area contributed by atoms with Gasteiger partial charge in [-0.15, -0.1) is 11.3 Å². The van der Waals surface area contributed by atoms with E-state index in [1.807, 2.05) is 0 Å². The Balaban J connectivity index is 2.60. The fourth-order valence-corrected chi connectivity index (χ4v) is 3.32. The van der Waals surface area contributed by atoms with Crippen LogP contribution in [0.25, 0.3) is 10.4 Å². The lowest BCUT2D eigenvalue weighted by atomic mass is 10.1. The second-order valence-corrected chi connectivity index (χ2v) is 5.54. The van der Waals surface area contributed by atoms with Crippen LogP contribution in [0, 0.1) is 12.7 Å². The first-order valence-electron chi connectivity index (χ1n) is 5.97. The normalized spacial score (nSPS) is 10.6. The molecule has 3 nitrogen and oxygen atoms in total. The van der Waals surface area contributed by atoms with E-state index in [2.05, 4.69) is 0 Å². The fourth-order valence-electron chi connectivity index (χ4n) is 1.83. The van der Waals surface area contributed by atoms with Crippen molar-refractivity contribution < 1.29 is 13.9 Å². The molecule has 0 aliphatic heterocycles. The number of esters is 1. The lowest BCUT2D eigenvalue weighted by Crippen LogP contribution is -2.05. The number of nitrogen functional groups attached to an aromatic ring is 1. The number of anilines is 1. The van der Waals surface area contributed by atoms with Gasteiger partial charge in [0.05, 0.1) is 17.3 Å². The first kappa shape index (κ1) is 14.8. The number of benzene rings is 1. The summed E-state index contributed by atoms with van der Waals surface area (Å²) in [6.07, 6.45) is 0. The van der Waals surface area contributed by atoms with Crippen molar-refractivity contribution in [3.8, 4) is 10.4 Å². The summed E-state index contributed by atoms with van der Waals surface area (Å²) in [7, 11) is 0. The van der Waals surface area contributed by atoms with Gasteiger partial charge in [-0.1, -0.05) is 17.7 Å². The van der Waals surface area contributed by atoms with E-state index in [0.29, 0.717) is 16.1 Å². The first-order chi connectivity index (χ1) is 9.47. The smallest absolute Gasteiger partial charge is 0.350 e. The molecular weight excluding hydrogens is 301 g/mol. The molecule has 0 fully saturated rings. The number of ether oxygens (including phenoxy) is 1. The van der Waals surface area contributed by atoms with Gasteiger partial charge in [0.15, 0.2) is 0 Å². The summed E-state index contributed by atoms with van der Waals surface area (Å²) >= 11 is 7.14. The number of rotatable bonds is 3. The van der Waals surface area contributed by atoms with E-state index in [4.69, 9.17) is 22.1 Å². The van der Waals surface area contributed by atoms with E-state index < -0.39 is 11.8 Å². The molecule has 0 unspecified atom stereocenters. The number of nitrogens with two attached hydrogens (primary N) is 1. The van der Waals surface area contributed by atoms with Crippen LogP contribution in [0.2, 0.25) is 5.02 Å². The zero-order valence-electron chi connectivity index (χ0n) is 11.0. The second kappa shape index (κ2) is 5.81. The number of carbonyl (C=O) groups excluding carboxylic acids is 1. The maximum absolute atomic E-state index is 14.0. The number of halogens is 2. The van der Waals surface area contributed by atoms with Crippen LogP contribution in [0.3, 0.4) is 0 Å². The van der Waals surface area contributed by atoms with Gasteiger partial charge < -0.3 is 10.5 Å². The summed E-state index contributed by atoms with van der Waals surface area (Å²) in [5, 5.41) is 0.282. The van der Waals surface area contributed by atoms with E-state index in [1.165, 1.54) is 12.1 Å². The van der Waals surface area contributed by atoms with Crippen molar-refractivity contribution in [2.75, 3.05) is 12.3 Å². The molecule has 1 heterocycles. The van der Waals surface area contributed by atoms with Gasteiger partial charge in [0, 0.05) is 10.4 Å². The summed E-state index contributed by atoms with van der Waals surface area (Å²) in [5.41, 5.74) is 7.12. The zero-order valence-corrected chi connectivity index (χ0v) is 12.6. The molecule has 0 spiro atoms. The highest BCUT2D eigenvalue weighted by Gasteiger charge is 2.23. The molecule has 2 aromatic rings. The fraction of sp³-hybridized carbons (Fsp3) is 0.214. The summed E-state index contributed by atoms with van der Waals surface area (Å²) in [6, 6.07) is 4.44. The van der Waals surface area contributed by atoms with E-state index in [9.17, 15) is 9.18 Å². The van der Waals surface area contributed by atoms with Gasteiger partial charge in [-0.3, -0.25) is 0 Å². The molecule has 0 saturated heterocycles. The average molecular weight is 314 g/mol. The van der Waals surface area contributed by atoms with Crippen molar-refractivity contribution >= 4 is 34.6 Å². The van der Waals surface area contributed by atoms with Crippen LogP contribution < -0.4 is 5.73 Å². The van der Waals surface area contributed by atoms with Gasteiger partial charge >= 0.3 is 5.97 Å². The quantitative estimate of drug-likeness (QED) is 0.861. The summed E-state index contributed by atoms with van der Waals surface area (Å²) in [4.78, 5) is 12.6. The van der Waals surface area contributed by atoms with Crippen LogP contribution in [0.5, 0.6) is 0 Å². The molecule has 0 atom stereocenters. The minimum atomic E-state index is -0.503. The van der Waals surface area contributed by atoms with Gasteiger partial charge in [-0.2, -0.15) is 0 Å². The highest BCUT2D eigenvalue weighted by molar-refractivity contribution is 7.18. The lowest BCUT2D eigenvalue weighted by molar-refractivity contribution is 0.0533. The van der Waals surface area contributed by atoms with Crippen LogP contribution in [0.15, 0.2) is 18.2 Å². The number of hydrogen-bond acceptors (Lipinski definition) is 4. The van der Waals surface area contributed by atoms with Crippen molar-refractivity contribution in [1.29, 1.82) is 0 Å². The Bertz CT molecular complexity index is 649. The molecule has 6 heteroatoms. The van der Waals surface area contributed by atoms with E-state index in [0.717, 1.165) is 11.3 Å². The third-order valence-corrected chi connectivity index (χ3v) is 4.46. The van der Waals surface area contributed by atoms with E-state index in [1.54, 1.807) is 19.9 Å². The highest BCUT2D eigenvalue weighted by Crippen LogP contribution is 2.42. The van der Waals surface area contributed by atoms with Crippen LogP contribution in [0.4, 0.5) is 10.1 Å². The zero-order chi connectivity index (χ0) is 14.9. The Kier molecular flexibility index (Phi) is 4.30. The number of thiophene rings is 1. The molecule has 1 aromatic heterocycles. The first-order valence-corrected chi connectivity index (χ1v) is 7.17. The third-order valence-electron chi connectivity index (χ3n) is 2.84. The van der Waals surface area contributed by atoms with Crippen molar-refractivity contribution in [3.05, 3.63) is 39.5 Å². The van der Waals surface area contributed by atoms with Crippen LogP contribution >= 0.6 is 22.9 Å². The molecule has 0 saturated carbocycles. The summed E-state index contributed by atoms with van der Waals surface area (Å²) in [5.74, 6) is -0.950. The van der Waals surface area contributed by atoms with Crippen molar-refractivity contribution in [2.24, 2.45) is 0 Å². The molecule has 0 bridgehead atoms. The molecule has 2 rings (SSSR count). The molecule has 2 N–H and O–H groups in total. The molecule has 20 heavy (non-hydrogen) atoms. The van der Waals surface area contributed by atoms with Crippen LogP contribution in [0.1, 0.15) is 22.2 Å². The Morgan fingerprint density at radius 1 is 1.50 bits per heavy atom. The predicted octanol–water partition coefficient (Wildman–Crippen LogP) is 4.27. The molecule has 1 aromatic carbocycles. The van der Waals surface area contributed by atoms with Crippen molar-refractivity contribution in [1.82, 2.24) is 0 Å². The second-order valence-electron chi connectivity index (χ2n) is 4.12. The lowest BCUT2D eigenvalue weighted by Gasteiger charge is -2.04. The molecule has 106 valence electrons. The molecule has 0 radical (unpaired) electrons. The van der Waals surface area contributed by atoms with Crippen molar-refractivity contribution in [2.45, 2.75) is 13.8 Å². The van der Waals surface area contributed by atoms with Gasteiger partial charge in [0.2, 0.25) is 0 Å². The SMILES string of the molecule is CCOC(=O)c1sc(-c2c(F)cccc2Cl)c(C)c1N. The van der Waals surface area contributed by atoms with E-state index >= 15 is 0 Å². The predicted molar refractivity (Wildman–Crippen MR) is 79.8 cm³/mol.